The summed E-state index contributed by atoms with van der Waals surface area (Å²) in [5.41, 5.74) is 0. The van der Waals surface area contributed by atoms with E-state index in [0.29, 0.717) is 0 Å². The zero-order valence-electron chi connectivity index (χ0n) is 15.7. The van der Waals surface area contributed by atoms with Crippen LogP contribution in [-0.4, -0.2) is 72.6 Å². The molecule has 21 heteroatoms. The molecule has 0 unspecified atom stereocenters. The van der Waals surface area contributed by atoms with Crippen molar-refractivity contribution < 1.29 is 92.9 Å². The van der Waals surface area contributed by atoms with Gasteiger partial charge in [0.2, 0.25) is 0 Å². The first-order chi connectivity index (χ1) is 15.0. The molecule has 0 bridgehead atoms. The molecule has 0 amide bonds. The fourth-order valence-electron chi connectivity index (χ4n) is 1.84. The number of carbonyl (C=O) groups is 1. The minimum atomic E-state index is -8.94. The largest absolute Gasteiger partial charge is 0.456 e. The summed E-state index contributed by atoms with van der Waals surface area (Å²) in [4.78, 5) is 10.5. The van der Waals surface area contributed by atoms with Gasteiger partial charge in [-0.25, -0.2) is 9.18 Å². The van der Waals surface area contributed by atoms with Crippen molar-refractivity contribution in [1.82, 2.24) is 0 Å². The number of hydrogen-bond donors (Lipinski definition) is 0. The van der Waals surface area contributed by atoms with Crippen LogP contribution < -0.4 is 0 Å². The summed E-state index contributed by atoms with van der Waals surface area (Å²) < 4.78 is 254. The van der Waals surface area contributed by atoms with E-state index in [1.807, 2.05) is 0 Å². The van der Waals surface area contributed by atoms with Gasteiger partial charge in [0.1, 0.15) is 0 Å². The van der Waals surface area contributed by atoms with Gasteiger partial charge in [0.25, 0.3) is 0 Å². The molecule has 0 radical (unpaired) electrons. The molecular formula is C14H7F19O2. The monoisotopic (exact) mass is 568 g/mol. The van der Waals surface area contributed by atoms with Gasteiger partial charge in [-0.05, 0) is 0 Å². The lowest BCUT2D eigenvalue weighted by molar-refractivity contribution is -0.462. The molecule has 0 rings (SSSR count). The summed E-state index contributed by atoms with van der Waals surface area (Å²) in [6.45, 7) is -4.94. The molecule has 0 fully saturated rings. The van der Waals surface area contributed by atoms with Crippen LogP contribution >= 0.6 is 0 Å². The Kier molecular flexibility index (Phi) is 8.24. The second-order valence-corrected chi connectivity index (χ2v) is 6.38. The van der Waals surface area contributed by atoms with Crippen LogP contribution in [0, 0.1) is 0 Å². The number of halogens is 19. The molecule has 2 nitrogen and oxygen atoms in total. The first kappa shape index (κ1) is 32.9. The highest BCUT2D eigenvalue weighted by Gasteiger charge is 2.96. The Morgan fingerprint density at radius 3 is 1.06 bits per heavy atom. The third-order valence-corrected chi connectivity index (χ3v) is 4.01. The highest BCUT2D eigenvalue weighted by Crippen LogP contribution is 2.65. The lowest BCUT2D eigenvalue weighted by Crippen LogP contribution is -2.76. The van der Waals surface area contributed by atoms with Crippen LogP contribution in [0.4, 0.5) is 83.4 Å². The molecule has 0 aromatic carbocycles. The molecule has 0 aliphatic heterocycles. The third-order valence-electron chi connectivity index (χ3n) is 4.01. The van der Waals surface area contributed by atoms with Crippen molar-refractivity contribution in [2.75, 3.05) is 13.3 Å². The van der Waals surface area contributed by atoms with Crippen molar-refractivity contribution in [1.29, 1.82) is 0 Å². The Morgan fingerprint density at radius 1 is 0.543 bits per heavy atom. The lowest BCUT2D eigenvalue weighted by atomic mass is 9.86. The quantitative estimate of drug-likeness (QED) is 0.155. The number of carbonyl (C=O) groups excluding carboxylic acids is 1. The minimum Gasteiger partial charge on any atom is -0.456 e. The van der Waals surface area contributed by atoms with Gasteiger partial charge in [0, 0.05) is 6.08 Å². The Balaban J connectivity index is 6.81. The van der Waals surface area contributed by atoms with Gasteiger partial charge in [-0.1, -0.05) is 6.58 Å². The van der Waals surface area contributed by atoms with Crippen molar-refractivity contribution in [3.05, 3.63) is 12.7 Å². The molecule has 0 aromatic heterocycles. The Labute approximate surface area is 179 Å². The average Bonchev–Trinajstić information content (AvgIpc) is 2.70. The zero-order chi connectivity index (χ0) is 28.9. The smallest absolute Gasteiger partial charge is 0.385 e. The molecule has 0 saturated carbocycles. The maximum Gasteiger partial charge on any atom is 0.385 e. The molecule has 0 aliphatic carbocycles. The molecule has 0 atom stereocenters. The SMILES string of the molecule is C=CC(=O)OCC(F)(F)C(F)(F)C(F)(F)C(F)(F)C(F)(F)C(F)(F)C(F)(F)C(F)(F)C(F)(F)CF. The van der Waals surface area contributed by atoms with E-state index < -0.39 is 72.6 Å². The van der Waals surface area contributed by atoms with Crippen molar-refractivity contribution >= 4 is 5.97 Å². The number of hydrogen-bond acceptors (Lipinski definition) is 2. The van der Waals surface area contributed by atoms with Gasteiger partial charge < -0.3 is 4.74 Å². The zero-order valence-corrected chi connectivity index (χ0v) is 15.7. The predicted molar refractivity (Wildman–Crippen MR) is 71.7 cm³/mol. The number of ether oxygens (including phenoxy) is 1. The molecule has 35 heavy (non-hydrogen) atoms. The number of alkyl halides is 19. The van der Waals surface area contributed by atoms with Crippen molar-refractivity contribution in [3.63, 3.8) is 0 Å². The van der Waals surface area contributed by atoms with E-state index in [-0.39, 0.29) is 6.08 Å². The van der Waals surface area contributed by atoms with Gasteiger partial charge in [-0.15, -0.1) is 0 Å². The molecule has 0 heterocycles. The van der Waals surface area contributed by atoms with Crippen LogP contribution in [0.2, 0.25) is 0 Å². The standard InChI is InChI=1S/C14H7F19O2/c1-2-5(34)35-4-7(18,19)9(22,23)11(26,27)13(30,31)14(32,33)12(28,29)10(24,25)8(20,21)6(16,17)3-15/h2H,1,3-4H2. The van der Waals surface area contributed by atoms with Gasteiger partial charge in [-0.3, -0.25) is 0 Å². The van der Waals surface area contributed by atoms with E-state index in [9.17, 15) is 88.2 Å². The average molecular weight is 568 g/mol. The van der Waals surface area contributed by atoms with E-state index >= 15 is 0 Å². The number of esters is 1. The fourth-order valence-corrected chi connectivity index (χ4v) is 1.84. The predicted octanol–water partition coefficient (Wildman–Crippen LogP) is 6.40. The van der Waals surface area contributed by atoms with Crippen LogP contribution in [0.3, 0.4) is 0 Å². The van der Waals surface area contributed by atoms with E-state index in [4.69, 9.17) is 0 Å². The molecule has 0 aliphatic rings. The van der Waals surface area contributed by atoms with Crippen LogP contribution in [0.25, 0.3) is 0 Å². The second-order valence-electron chi connectivity index (χ2n) is 6.38. The van der Waals surface area contributed by atoms with E-state index in [0.717, 1.165) is 0 Å². The summed E-state index contributed by atoms with van der Waals surface area (Å²) in [6, 6.07) is 0. The van der Waals surface area contributed by atoms with E-state index in [1.54, 1.807) is 0 Å². The maximum absolute atomic E-state index is 13.5. The van der Waals surface area contributed by atoms with Crippen LogP contribution in [0.15, 0.2) is 12.7 Å². The van der Waals surface area contributed by atoms with Crippen molar-refractivity contribution in [3.8, 4) is 0 Å². The molecule has 0 saturated heterocycles. The number of rotatable bonds is 12. The van der Waals surface area contributed by atoms with Crippen molar-refractivity contribution in [2.24, 2.45) is 0 Å². The van der Waals surface area contributed by atoms with E-state index in [2.05, 4.69) is 11.3 Å². The topological polar surface area (TPSA) is 26.3 Å². The summed E-state index contributed by atoms with van der Waals surface area (Å²) >= 11 is 0. The van der Waals surface area contributed by atoms with Gasteiger partial charge >= 0.3 is 59.3 Å². The summed E-state index contributed by atoms with van der Waals surface area (Å²) in [5.74, 6) is -76.0. The summed E-state index contributed by atoms with van der Waals surface area (Å²) in [5, 5.41) is 0. The minimum absolute atomic E-state index is 0.120. The normalized spacial score (nSPS) is 15.7. The molecular weight excluding hydrogens is 561 g/mol. The first-order valence-corrected chi connectivity index (χ1v) is 7.77. The molecule has 0 N–H and O–H groups in total. The summed E-state index contributed by atoms with van der Waals surface area (Å²) in [6.07, 6.45) is -0.120. The van der Waals surface area contributed by atoms with Gasteiger partial charge in [0.15, 0.2) is 13.3 Å². The molecule has 0 spiro atoms. The Hall–Kier alpha value is -2.12. The third kappa shape index (κ3) is 4.35. The highest BCUT2D eigenvalue weighted by atomic mass is 19.4. The first-order valence-electron chi connectivity index (χ1n) is 7.77. The highest BCUT2D eigenvalue weighted by molar-refractivity contribution is 5.81. The Bertz CT molecular complexity index is 799. The molecule has 208 valence electrons. The second kappa shape index (κ2) is 8.77. The van der Waals surface area contributed by atoms with Crippen LogP contribution in [0.1, 0.15) is 0 Å². The fraction of sp³-hybridized carbons (Fsp3) is 0.786. The summed E-state index contributed by atoms with van der Waals surface area (Å²) in [7, 11) is 0. The van der Waals surface area contributed by atoms with Gasteiger partial charge in [0.05, 0.1) is 0 Å². The van der Waals surface area contributed by atoms with Gasteiger partial charge in [-0.2, -0.15) is 79.0 Å². The van der Waals surface area contributed by atoms with Crippen molar-refractivity contribution in [2.45, 2.75) is 53.3 Å². The van der Waals surface area contributed by atoms with Crippen LogP contribution in [-0.2, 0) is 9.53 Å². The Morgan fingerprint density at radius 2 is 0.800 bits per heavy atom. The van der Waals surface area contributed by atoms with E-state index in [1.165, 1.54) is 0 Å². The maximum atomic E-state index is 13.5. The molecule has 0 aromatic rings. The lowest BCUT2D eigenvalue weighted by Gasteiger charge is -2.44. The van der Waals surface area contributed by atoms with Crippen LogP contribution in [0.5, 0.6) is 0 Å².